The van der Waals surface area contributed by atoms with Crippen LogP contribution in [0.5, 0.6) is 0 Å². The summed E-state index contributed by atoms with van der Waals surface area (Å²) < 4.78 is 64.9. The number of para-hydroxylation sites is 2. The van der Waals surface area contributed by atoms with Gasteiger partial charge in [0, 0.05) is 20.3 Å². The standard InChI is InChI=1S/C28H28N4O5S2/c1-19-9-13-21(14-10-19)38(33,34)26-25-27(30-24-8-5-4-7-23(24)29-25)32(17-6-18-37-3)28(26)31-39(35,36)22-15-11-20(2)12-16-22/h4-5,7-16,31H,6,17-18H2,1-3H3. The smallest absolute Gasteiger partial charge is 0.263 e. The third-order valence-electron chi connectivity index (χ3n) is 6.40. The highest BCUT2D eigenvalue weighted by atomic mass is 32.2. The van der Waals surface area contributed by atoms with Crippen LogP contribution in [0.25, 0.3) is 22.2 Å². The Morgan fingerprint density at radius 3 is 1.95 bits per heavy atom. The largest absolute Gasteiger partial charge is 0.385 e. The summed E-state index contributed by atoms with van der Waals surface area (Å²) >= 11 is 0. The first kappa shape index (κ1) is 26.8. The highest BCUT2D eigenvalue weighted by Crippen LogP contribution is 2.38. The van der Waals surface area contributed by atoms with Gasteiger partial charge in [-0.1, -0.05) is 47.5 Å². The fourth-order valence-electron chi connectivity index (χ4n) is 4.35. The predicted molar refractivity (Wildman–Crippen MR) is 150 cm³/mol. The summed E-state index contributed by atoms with van der Waals surface area (Å²) in [6, 6.07) is 19.8. The molecular formula is C28H28N4O5S2. The quantitative estimate of drug-likeness (QED) is 0.254. The first-order valence-corrected chi connectivity index (χ1v) is 15.3. The van der Waals surface area contributed by atoms with E-state index in [-0.39, 0.29) is 38.2 Å². The van der Waals surface area contributed by atoms with E-state index in [0.717, 1.165) is 11.1 Å². The number of hydrogen-bond acceptors (Lipinski definition) is 7. The van der Waals surface area contributed by atoms with Crippen LogP contribution in [0.2, 0.25) is 0 Å². The molecule has 0 fully saturated rings. The highest BCUT2D eigenvalue weighted by Gasteiger charge is 2.33. The predicted octanol–water partition coefficient (Wildman–Crippen LogP) is 4.87. The number of hydrogen-bond donors (Lipinski definition) is 1. The second-order valence-electron chi connectivity index (χ2n) is 9.30. The van der Waals surface area contributed by atoms with Crippen molar-refractivity contribution in [1.82, 2.24) is 14.5 Å². The van der Waals surface area contributed by atoms with E-state index in [4.69, 9.17) is 9.72 Å². The van der Waals surface area contributed by atoms with Gasteiger partial charge in [-0.15, -0.1) is 0 Å². The average molecular weight is 565 g/mol. The third kappa shape index (κ3) is 5.12. The van der Waals surface area contributed by atoms with Crippen molar-refractivity contribution in [2.45, 2.75) is 41.5 Å². The zero-order chi connectivity index (χ0) is 27.8. The zero-order valence-corrected chi connectivity index (χ0v) is 23.4. The van der Waals surface area contributed by atoms with E-state index in [2.05, 4.69) is 9.71 Å². The molecule has 1 N–H and O–H groups in total. The Morgan fingerprint density at radius 1 is 0.795 bits per heavy atom. The van der Waals surface area contributed by atoms with Gasteiger partial charge in [0.15, 0.2) is 5.65 Å². The Labute approximate surface area is 227 Å². The van der Waals surface area contributed by atoms with Gasteiger partial charge in [-0.05, 0) is 56.7 Å². The first-order chi connectivity index (χ1) is 18.6. The van der Waals surface area contributed by atoms with Gasteiger partial charge in [0.05, 0.1) is 20.8 Å². The van der Waals surface area contributed by atoms with Gasteiger partial charge in [0.1, 0.15) is 16.2 Å². The van der Waals surface area contributed by atoms with Crippen LogP contribution >= 0.6 is 0 Å². The number of aromatic nitrogens is 3. The van der Waals surface area contributed by atoms with Crippen molar-refractivity contribution in [2.75, 3.05) is 18.4 Å². The number of sulfone groups is 1. The number of anilines is 1. The van der Waals surface area contributed by atoms with E-state index in [9.17, 15) is 16.8 Å². The van der Waals surface area contributed by atoms with E-state index >= 15 is 0 Å². The van der Waals surface area contributed by atoms with Crippen molar-refractivity contribution in [1.29, 1.82) is 0 Å². The van der Waals surface area contributed by atoms with Crippen LogP contribution in [0.4, 0.5) is 5.82 Å². The van der Waals surface area contributed by atoms with E-state index in [0.29, 0.717) is 24.1 Å². The van der Waals surface area contributed by atoms with Gasteiger partial charge in [-0.25, -0.2) is 26.8 Å². The molecule has 5 aromatic rings. The summed E-state index contributed by atoms with van der Waals surface area (Å²) in [6.45, 7) is 4.33. The molecule has 0 radical (unpaired) electrons. The van der Waals surface area contributed by atoms with Crippen molar-refractivity contribution in [2.24, 2.45) is 0 Å². The number of rotatable bonds is 9. The molecule has 5 rings (SSSR count). The maximum Gasteiger partial charge on any atom is 0.263 e. The topological polar surface area (TPSA) is 120 Å². The molecule has 0 amide bonds. The Morgan fingerprint density at radius 2 is 1.36 bits per heavy atom. The number of nitrogens with one attached hydrogen (secondary N) is 1. The second-order valence-corrected chi connectivity index (χ2v) is 12.9. The number of ether oxygens (including phenoxy) is 1. The lowest BCUT2D eigenvalue weighted by atomic mass is 10.2. The normalized spacial score (nSPS) is 12.3. The molecule has 0 aliphatic rings. The first-order valence-electron chi connectivity index (χ1n) is 12.3. The summed E-state index contributed by atoms with van der Waals surface area (Å²) in [4.78, 5) is 9.20. The second kappa shape index (κ2) is 10.4. The molecule has 9 nitrogen and oxygen atoms in total. The van der Waals surface area contributed by atoms with Crippen molar-refractivity contribution in [3.8, 4) is 0 Å². The third-order valence-corrected chi connectivity index (χ3v) is 9.57. The number of fused-ring (bicyclic) bond motifs is 2. The Bertz CT molecular complexity index is 1880. The van der Waals surface area contributed by atoms with E-state index in [1.807, 2.05) is 19.9 Å². The number of sulfonamides is 1. The molecule has 11 heteroatoms. The molecule has 0 saturated heterocycles. The molecule has 3 aromatic carbocycles. The Hall–Kier alpha value is -3.80. The van der Waals surface area contributed by atoms with Gasteiger partial charge < -0.3 is 9.30 Å². The molecule has 39 heavy (non-hydrogen) atoms. The van der Waals surface area contributed by atoms with Crippen LogP contribution in [0, 0.1) is 13.8 Å². The lowest BCUT2D eigenvalue weighted by Crippen LogP contribution is -2.18. The van der Waals surface area contributed by atoms with Gasteiger partial charge in [0.25, 0.3) is 10.0 Å². The lowest BCUT2D eigenvalue weighted by molar-refractivity contribution is 0.191. The number of nitrogens with zero attached hydrogens (tertiary/aromatic N) is 3. The van der Waals surface area contributed by atoms with Crippen LogP contribution in [0.15, 0.2) is 87.5 Å². The van der Waals surface area contributed by atoms with Gasteiger partial charge in [-0.2, -0.15) is 0 Å². The van der Waals surface area contributed by atoms with E-state index in [1.165, 1.54) is 24.3 Å². The molecule has 0 bridgehead atoms. The summed E-state index contributed by atoms with van der Waals surface area (Å²) in [7, 11) is -6.84. The molecule has 0 aliphatic heterocycles. The minimum Gasteiger partial charge on any atom is -0.385 e. The summed E-state index contributed by atoms with van der Waals surface area (Å²) in [6.07, 6.45) is 0.484. The molecule has 0 unspecified atom stereocenters. The monoisotopic (exact) mass is 564 g/mol. The van der Waals surface area contributed by atoms with Crippen molar-refractivity contribution >= 4 is 47.9 Å². The van der Waals surface area contributed by atoms with Crippen LogP contribution < -0.4 is 4.72 Å². The molecule has 0 atom stereocenters. The SMILES string of the molecule is COCCCn1c(NS(=O)(=O)c2ccc(C)cc2)c(S(=O)(=O)c2ccc(C)cc2)c2nc3ccccc3nc21. The highest BCUT2D eigenvalue weighted by molar-refractivity contribution is 7.93. The van der Waals surface area contributed by atoms with Crippen LogP contribution in [0.3, 0.4) is 0 Å². The Balaban J connectivity index is 1.83. The summed E-state index contributed by atoms with van der Waals surface area (Å²) in [5.41, 5.74) is 3.19. The fraction of sp³-hybridized carbons (Fsp3) is 0.214. The molecule has 2 heterocycles. The molecular weight excluding hydrogens is 536 g/mol. The van der Waals surface area contributed by atoms with Crippen LogP contribution in [-0.4, -0.2) is 45.1 Å². The molecule has 0 aliphatic carbocycles. The van der Waals surface area contributed by atoms with E-state index < -0.39 is 19.9 Å². The average Bonchev–Trinajstić information content (AvgIpc) is 3.19. The van der Waals surface area contributed by atoms with E-state index in [1.54, 1.807) is 54.1 Å². The van der Waals surface area contributed by atoms with Crippen molar-refractivity contribution in [3.63, 3.8) is 0 Å². The number of aryl methyl sites for hydroxylation is 3. The Kier molecular flexibility index (Phi) is 7.15. The molecule has 0 spiro atoms. The summed E-state index contributed by atoms with van der Waals surface area (Å²) in [5.74, 6) is -0.113. The fourth-order valence-corrected chi connectivity index (χ4v) is 7.03. The lowest BCUT2D eigenvalue weighted by Gasteiger charge is -2.15. The minimum absolute atomic E-state index is 0.00607. The minimum atomic E-state index is -4.23. The van der Waals surface area contributed by atoms with Gasteiger partial charge in [-0.3, -0.25) is 4.72 Å². The zero-order valence-electron chi connectivity index (χ0n) is 21.7. The maximum atomic E-state index is 14.2. The van der Waals surface area contributed by atoms with Gasteiger partial charge >= 0.3 is 0 Å². The number of benzene rings is 3. The van der Waals surface area contributed by atoms with Crippen molar-refractivity contribution in [3.05, 3.63) is 83.9 Å². The summed E-state index contributed by atoms with van der Waals surface area (Å²) in [5, 5.41) is 0. The molecule has 2 aromatic heterocycles. The molecule has 202 valence electrons. The molecule has 0 saturated carbocycles. The van der Waals surface area contributed by atoms with Crippen molar-refractivity contribution < 1.29 is 21.6 Å². The van der Waals surface area contributed by atoms with Crippen LogP contribution in [0.1, 0.15) is 17.5 Å². The number of methoxy groups -OCH3 is 1. The maximum absolute atomic E-state index is 14.2. The van der Waals surface area contributed by atoms with Crippen LogP contribution in [-0.2, 0) is 31.1 Å². The van der Waals surface area contributed by atoms with Gasteiger partial charge in [0.2, 0.25) is 9.84 Å².